The number of rotatable bonds is 8. The minimum atomic E-state index is 0.497. The molecule has 1 heterocycles. The Morgan fingerprint density at radius 2 is 2.32 bits per heavy atom. The van der Waals surface area contributed by atoms with Crippen molar-refractivity contribution in [2.24, 2.45) is 10.9 Å². The standard InChI is InChI=1S/C15H22N6O/c1-18-8-12(7-17)9-19-14-6-15(22-10-11-2-3-11)21-13(20-14)4-5-16/h4-8,11,16-20H,2-3,9-10H2,1H3/b12-8+,13-4+,16-5?,17-7?. The lowest BCUT2D eigenvalue weighted by Gasteiger charge is -2.19. The van der Waals surface area contributed by atoms with E-state index in [9.17, 15) is 0 Å². The molecule has 2 aliphatic rings. The summed E-state index contributed by atoms with van der Waals surface area (Å²) in [6.45, 7) is 1.18. The van der Waals surface area contributed by atoms with Crippen LogP contribution >= 0.6 is 0 Å². The fraction of sp³-hybridized carbons (Fsp3) is 0.400. The Balaban J connectivity index is 1.99. The molecule has 0 unspecified atom stereocenters. The number of ether oxygens (including phenoxy) is 1. The molecule has 1 aliphatic carbocycles. The van der Waals surface area contributed by atoms with E-state index in [1.807, 2.05) is 0 Å². The summed E-state index contributed by atoms with van der Waals surface area (Å²) in [6, 6.07) is 0. The van der Waals surface area contributed by atoms with Gasteiger partial charge in [-0.1, -0.05) is 0 Å². The molecule has 7 heteroatoms. The average molecular weight is 302 g/mol. The molecule has 0 bridgehead atoms. The second kappa shape index (κ2) is 8.02. The van der Waals surface area contributed by atoms with Crippen LogP contribution in [0.25, 0.3) is 0 Å². The highest BCUT2D eigenvalue weighted by atomic mass is 16.5. The first-order chi connectivity index (χ1) is 10.7. The summed E-state index contributed by atoms with van der Waals surface area (Å²) in [6.07, 6.45) is 10.0. The Bertz CT molecular complexity index is 542. The Morgan fingerprint density at radius 1 is 1.50 bits per heavy atom. The summed E-state index contributed by atoms with van der Waals surface area (Å²) in [5.41, 5.74) is 0.811. The SMILES string of the molecule is CN/C=C(\C=N)CNC1=CC(OCC2CC2)=N/C(=C/C=N)N1. The van der Waals surface area contributed by atoms with Crippen LogP contribution in [0, 0.1) is 16.7 Å². The molecule has 5 N–H and O–H groups in total. The average Bonchev–Trinajstić information content (AvgIpc) is 3.34. The molecule has 0 saturated heterocycles. The quantitative estimate of drug-likeness (QED) is 0.433. The Kier molecular flexibility index (Phi) is 5.76. The van der Waals surface area contributed by atoms with E-state index in [0.717, 1.165) is 11.4 Å². The molecule has 0 aromatic heterocycles. The van der Waals surface area contributed by atoms with Crippen LogP contribution in [0.5, 0.6) is 0 Å². The molecule has 22 heavy (non-hydrogen) atoms. The highest BCUT2D eigenvalue weighted by molar-refractivity contribution is 5.90. The topological polar surface area (TPSA) is 105 Å². The first-order valence-corrected chi connectivity index (χ1v) is 7.26. The highest BCUT2D eigenvalue weighted by Crippen LogP contribution is 2.29. The van der Waals surface area contributed by atoms with E-state index in [1.54, 1.807) is 25.4 Å². The number of nitrogens with zero attached hydrogens (tertiary/aromatic N) is 1. The maximum atomic E-state index is 7.34. The predicted molar refractivity (Wildman–Crippen MR) is 88.1 cm³/mol. The summed E-state index contributed by atoms with van der Waals surface area (Å²) >= 11 is 0. The van der Waals surface area contributed by atoms with Crippen molar-refractivity contribution in [3.63, 3.8) is 0 Å². The summed E-state index contributed by atoms with van der Waals surface area (Å²) in [7, 11) is 1.79. The van der Waals surface area contributed by atoms with Crippen LogP contribution in [-0.4, -0.2) is 38.5 Å². The Labute approximate surface area is 130 Å². The summed E-state index contributed by atoms with van der Waals surface area (Å²) in [4.78, 5) is 4.31. The molecule has 0 radical (unpaired) electrons. The third-order valence-electron chi connectivity index (χ3n) is 3.16. The molecule has 118 valence electrons. The van der Waals surface area contributed by atoms with Crippen LogP contribution in [0.2, 0.25) is 0 Å². The molecule has 1 fully saturated rings. The lowest BCUT2D eigenvalue weighted by atomic mass is 10.3. The van der Waals surface area contributed by atoms with Crippen LogP contribution in [0.15, 0.2) is 40.6 Å². The van der Waals surface area contributed by atoms with E-state index in [-0.39, 0.29) is 0 Å². The summed E-state index contributed by atoms with van der Waals surface area (Å²) < 4.78 is 5.70. The maximum absolute atomic E-state index is 7.34. The van der Waals surface area contributed by atoms with E-state index < -0.39 is 0 Å². The molecule has 2 rings (SSSR count). The van der Waals surface area contributed by atoms with Gasteiger partial charge in [0.2, 0.25) is 5.90 Å². The fourth-order valence-corrected chi connectivity index (χ4v) is 1.82. The largest absolute Gasteiger partial charge is 0.477 e. The van der Waals surface area contributed by atoms with E-state index in [4.69, 9.17) is 15.6 Å². The zero-order valence-electron chi connectivity index (χ0n) is 12.6. The van der Waals surface area contributed by atoms with E-state index in [1.165, 1.54) is 25.3 Å². The first-order valence-electron chi connectivity index (χ1n) is 7.26. The normalized spacial score (nSPS) is 19.7. The third-order valence-corrected chi connectivity index (χ3v) is 3.16. The smallest absolute Gasteiger partial charge is 0.218 e. The van der Waals surface area contributed by atoms with Gasteiger partial charge in [0.15, 0.2) is 0 Å². The lowest BCUT2D eigenvalue weighted by Crippen LogP contribution is -2.32. The molecule has 7 nitrogen and oxygen atoms in total. The van der Waals surface area contributed by atoms with Gasteiger partial charge in [0.05, 0.1) is 6.61 Å². The van der Waals surface area contributed by atoms with Crippen molar-refractivity contribution in [1.82, 2.24) is 16.0 Å². The number of hydrogen-bond donors (Lipinski definition) is 5. The van der Waals surface area contributed by atoms with Gasteiger partial charge < -0.3 is 31.5 Å². The minimum Gasteiger partial charge on any atom is -0.477 e. The molecule has 0 atom stereocenters. The van der Waals surface area contributed by atoms with Gasteiger partial charge in [-0.2, -0.15) is 4.99 Å². The number of aliphatic imine (C=N–C) groups is 1. The van der Waals surface area contributed by atoms with Crippen molar-refractivity contribution in [1.29, 1.82) is 10.8 Å². The maximum Gasteiger partial charge on any atom is 0.218 e. The first kappa shape index (κ1) is 15.8. The fourth-order valence-electron chi connectivity index (χ4n) is 1.82. The predicted octanol–water partition coefficient (Wildman–Crippen LogP) is 1.09. The number of nitrogens with one attached hydrogen (secondary N) is 5. The minimum absolute atomic E-state index is 0.497. The number of hydrogen-bond acceptors (Lipinski definition) is 7. The lowest BCUT2D eigenvalue weighted by molar-refractivity contribution is 0.287. The molecule has 1 aliphatic heterocycles. The summed E-state index contributed by atoms with van der Waals surface area (Å²) in [5.74, 6) is 2.48. The van der Waals surface area contributed by atoms with Crippen LogP contribution in [0.3, 0.4) is 0 Å². The molecule has 0 amide bonds. The van der Waals surface area contributed by atoms with Gasteiger partial charge in [0.25, 0.3) is 0 Å². The van der Waals surface area contributed by atoms with Gasteiger partial charge in [-0.05, 0) is 24.8 Å². The molecular weight excluding hydrogens is 280 g/mol. The third kappa shape index (κ3) is 5.08. The van der Waals surface area contributed by atoms with Crippen LogP contribution in [0.1, 0.15) is 12.8 Å². The molecule has 1 saturated carbocycles. The van der Waals surface area contributed by atoms with Crippen LogP contribution in [-0.2, 0) is 4.74 Å². The van der Waals surface area contributed by atoms with Gasteiger partial charge in [-0.25, -0.2) is 0 Å². The van der Waals surface area contributed by atoms with Crippen molar-refractivity contribution in [2.45, 2.75) is 12.8 Å². The van der Waals surface area contributed by atoms with E-state index in [2.05, 4.69) is 20.9 Å². The van der Waals surface area contributed by atoms with Crippen molar-refractivity contribution in [2.75, 3.05) is 20.2 Å². The molecule has 0 spiro atoms. The molecule has 0 aromatic carbocycles. The second-order valence-electron chi connectivity index (χ2n) is 5.11. The van der Waals surface area contributed by atoms with Gasteiger partial charge in [-0.15, -0.1) is 0 Å². The summed E-state index contributed by atoms with van der Waals surface area (Å²) in [5, 5.41) is 23.7. The van der Waals surface area contributed by atoms with Crippen molar-refractivity contribution in [3.8, 4) is 0 Å². The van der Waals surface area contributed by atoms with Crippen LogP contribution in [0.4, 0.5) is 0 Å². The van der Waals surface area contributed by atoms with E-state index in [0.29, 0.717) is 30.8 Å². The van der Waals surface area contributed by atoms with Gasteiger partial charge in [-0.3, -0.25) is 0 Å². The highest BCUT2D eigenvalue weighted by Gasteiger charge is 2.23. The van der Waals surface area contributed by atoms with Crippen molar-refractivity contribution >= 4 is 18.3 Å². The van der Waals surface area contributed by atoms with E-state index >= 15 is 0 Å². The Morgan fingerprint density at radius 3 is 2.95 bits per heavy atom. The zero-order chi connectivity index (χ0) is 15.8. The van der Waals surface area contributed by atoms with Gasteiger partial charge >= 0.3 is 0 Å². The van der Waals surface area contributed by atoms with Crippen molar-refractivity contribution in [3.05, 3.63) is 35.6 Å². The van der Waals surface area contributed by atoms with Gasteiger partial charge in [0.1, 0.15) is 11.6 Å². The Hall–Kier alpha value is -2.57. The van der Waals surface area contributed by atoms with Crippen LogP contribution < -0.4 is 16.0 Å². The molecular formula is C15H22N6O. The zero-order valence-corrected chi connectivity index (χ0v) is 12.6. The molecule has 0 aromatic rings. The second-order valence-corrected chi connectivity index (χ2v) is 5.11. The van der Waals surface area contributed by atoms with Gasteiger partial charge in [0, 0.05) is 43.9 Å². The number of allylic oxidation sites excluding steroid dienone is 1. The van der Waals surface area contributed by atoms with Crippen molar-refractivity contribution < 1.29 is 4.74 Å². The monoisotopic (exact) mass is 302 g/mol.